The van der Waals surface area contributed by atoms with Crippen LogP contribution in [0.2, 0.25) is 10.0 Å². The minimum atomic E-state index is -0.823. The minimum absolute atomic E-state index is 0.139. The van der Waals surface area contributed by atoms with Gasteiger partial charge in [0.1, 0.15) is 5.54 Å². The average molecular weight is 348 g/mol. The van der Waals surface area contributed by atoms with Gasteiger partial charge in [0.25, 0.3) is 0 Å². The van der Waals surface area contributed by atoms with Gasteiger partial charge in [-0.2, -0.15) is 0 Å². The zero-order valence-corrected chi connectivity index (χ0v) is 14.4. The fourth-order valence-corrected chi connectivity index (χ4v) is 4.61. The van der Waals surface area contributed by atoms with Crippen LogP contribution in [-0.2, 0) is 4.79 Å². The lowest BCUT2D eigenvalue weighted by Gasteiger charge is -2.28. The van der Waals surface area contributed by atoms with E-state index in [1.807, 2.05) is 19.9 Å². The fraction of sp³-hybridized carbons (Fsp3) is 0.533. The topological polar surface area (TPSA) is 49.3 Å². The summed E-state index contributed by atoms with van der Waals surface area (Å²) in [5.74, 6) is -0.767. The van der Waals surface area contributed by atoms with Crippen LogP contribution < -0.4 is 5.32 Å². The maximum atomic E-state index is 11.7. The summed E-state index contributed by atoms with van der Waals surface area (Å²) >= 11 is 13.8. The maximum Gasteiger partial charge on any atom is 0.323 e. The van der Waals surface area contributed by atoms with Crippen molar-refractivity contribution in [2.24, 2.45) is 0 Å². The molecule has 0 radical (unpaired) electrons. The third kappa shape index (κ3) is 4.07. The fourth-order valence-electron chi connectivity index (χ4n) is 2.79. The molecule has 3 nitrogen and oxygen atoms in total. The molecule has 1 aliphatic rings. The molecule has 0 amide bonds. The summed E-state index contributed by atoms with van der Waals surface area (Å²) in [7, 11) is 0. The second-order valence-corrected chi connectivity index (χ2v) is 7.93. The highest BCUT2D eigenvalue weighted by Crippen LogP contribution is 2.43. The molecule has 1 aliphatic carbocycles. The van der Waals surface area contributed by atoms with E-state index >= 15 is 0 Å². The highest BCUT2D eigenvalue weighted by atomic mass is 35.5. The van der Waals surface area contributed by atoms with Crippen molar-refractivity contribution in [1.82, 2.24) is 5.32 Å². The van der Waals surface area contributed by atoms with Crippen molar-refractivity contribution in [1.29, 1.82) is 0 Å². The second kappa shape index (κ2) is 6.78. The van der Waals surface area contributed by atoms with Gasteiger partial charge in [-0.3, -0.25) is 10.1 Å². The maximum absolute atomic E-state index is 11.7. The molecular formula is C15H19Cl2NO2S. The predicted molar refractivity (Wildman–Crippen MR) is 88.6 cm³/mol. The molecule has 0 saturated heterocycles. The lowest BCUT2D eigenvalue weighted by atomic mass is 9.97. The van der Waals surface area contributed by atoms with Crippen molar-refractivity contribution < 1.29 is 9.90 Å². The van der Waals surface area contributed by atoms with Crippen molar-refractivity contribution in [3.63, 3.8) is 0 Å². The molecule has 1 aromatic rings. The molecule has 0 spiro atoms. The van der Waals surface area contributed by atoms with E-state index in [2.05, 4.69) is 5.32 Å². The molecule has 116 valence electrons. The molecule has 0 heterocycles. The van der Waals surface area contributed by atoms with Crippen molar-refractivity contribution in [2.75, 3.05) is 0 Å². The van der Waals surface area contributed by atoms with Crippen LogP contribution >= 0.6 is 35.0 Å². The van der Waals surface area contributed by atoms with Gasteiger partial charge in [0.15, 0.2) is 0 Å². The van der Waals surface area contributed by atoms with E-state index < -0.39 is 11.5 Å². The van der Waals surface area contributed by atoms with Gasteiger partial charge in [0.05, 0.1) is 5.02 Å². The zero-order chi connectivity index (χ0) is 15.6. The van der Waals surface area contributed by atoms with Crippen LogP contribution in [0, 0.1) is 0 Å². The Kier molecular flexibility index (Phi) is 5.47. The summed E-state index contributed by atoms with van der Waals surface area (Å²) in [6.45, 7) is 3.94. The molecule has 2 N–H and O–H groups in total. The number of nitrogens with one attached hydrogen (secondary N) is 1. The lowest BCUT2D eigenvalue weighted by Crippen LogP contribution is -2.53. The van der Waals surface area contributed by atoms with Crippen LogP contribution in [0.4, 0.5) is 0 Å². The SMILES string of the molecule is CC(C)NC1(C(=O)O)CCC(Sc2cc(Cl)ccc2Cl)C1. The highest BCUT2D eigenvalue weighted by molar-refractivity contribution is 8.00. The number of benzene rings is 1. The van der Waals surface area contributed by atoms with E-state index in [4.69, 9.17) is 23.2 Å². The number of rotatable bonds is 5. The third-order valence-electron chi connectivity index (χ3n) is 3.63. The van der Waals surface area contributed by atoms with Crippen molar-refractivity contribution in [2.45, 2.75) is 54.8 Å². The van der Waals surface area contributed by atoms with Gasteiger partial charge in [-0.25, -0.2) is 0 Å². The van der Waals surface area contributed by atoms with Gasteiger partial charge in [0, 0.05) is 21.2 Å². The number of aliphatic carboxylic acids is 1. The Balaban J connectivity index is 2.10. The van der Waals surface area contributed by atoms with Gasteiger partial charge in [-0.15, -0.1) is 11.8 Å². The highest BCUT2D eigenvalue weighted by Gasteiger charge is 2.46. The van der Waals surface area contributed by atoms with Crippen molar-refractivity contribution >= 4 is 40.9 Å². The minimum Gasteiger partial charge on any atom is -0.480 e. The second-order valence-electron chi connectivity index (χ2n) is 5.74. The quantitative estimate of drug-likeness (QED) is 0.825. The molecule has 2 rings (SSSR count). The number of hydrogen-bond acceptors (Lipinski definition) is 3. The normalized spacial score (nSPS) is 25.5. The summed E-state index contributed by atoms with van der Waals surface area (Å²) in [5, 5.41) is 14.3. The lowest BCUT2D eigenvalue weighted by molar-refractivity contribution is -0.145. The van der Waals surface area contributed by atoms with Gasteiger partial charge in [-0.05, 0) is 51.3 Å². The molecular weight excluding hydrogens is 329 g/mol. The van der Waals surface area contributed by atoms with E-state index in [0.29, 0.717) is 22.9 Å². The van der Waals surface area contributed by atoms with Crippen molar-refractivity contribution in [3.05, 3.63) is 28.2 Å². The van der Waals surface area contributed by atoms with E-state index in [9.17, 15) is 9.90 Å². The Morgan fingerprint density at radius 1 is 1.48 bits per heavy atom. The van der Waals surface area contributed by atoms with E-state index in [0.717, 1.165) is 11.3 Å². The average Bonchev–Trinajstić information content (AvgIpc) is 2.77. The van der Waals surface area contributed by atoms with Gasteiger partial charge in [-0.1, -0.05) is 23.2 Å². The number of thioether (sulfide) groups is 1. The Labute approximate surface area is 139 Å². The Morgan fingerprint density at radius 3 is 2.81 bits per heavy atom. The van der Waals surface area contributed by atoms with Crippen LogP contribution in [-0.4, -0.2) is 27.9 Å². The van der Waals surface area contributed by atoms with Crippen LogP contribution in [0.5, 0.6) is 0 Å². The standard InChI is InChI=1S/C15H19Cl2NO2S/c1-9(2)18-15(14(19)20)6-5-11(8-15)21-13-7-10(16)3-4-12(13)17/h3-4,7,9,11,18H,5-6,8H2,1-2H3,(H,19,20). The summed E-state index contributed by atoms with van der Waals surface area (Å²) in [4.78, 5) is 12.6. The van der Waals surface area contributed by atoms with Gasteiger partial charge in [0.2, 0.25) is 0 Å². The summed E-state index contributed by atoms with van der Waals surface area (Å²) in [6, 6.07) is 5.51. The first-order valence-corrected chi connectivity index (χ1v) is 8.59. The van der Waals surface area contributed by atoms with Crippen LogP contribution in [0.3, 0.4) is 0 Å². The molecule has 2 unspecified atom stereocenters. The first kappa shape index (κ1) is 16.9. The number of halogens is 2. The molecule has 2 atom stereocenters. The summed E-state index contributed by atoms with van der Waals surface area (Å²) < 4.78 is 0. The number of carboxylic acid groups (broad SMARTS) is 1. The van der Waals surface area contributed by atoms with E-state index in [1.54, 1.807) is 23.9 Å². The molecule has 0 aromatic heterocycles. The Hall–Kier alpha value is -0.420. The Bertz CT molecular complexity index is 538. The summed E-state index contributed by atoms with van der Waals surface area (Å²) in [6.07, 6.45) is 2.07. The van der Waals surface area contributed by atoms with Gasteiger partial charge >= 0.3 is 5.97 Å². The molecule has 0 aliphatic heterocycles. The number of carbonyl (C=O) groups is 1. The third-order valence-corrected chi connectivity index (χ3v) is 5.63. The van der Waals surface area contributed by atoms with Gasteiger partial charge < -0.3 is 5.11 Å². The number of hydrogen-bond donors (Lipinski definition) is 2. The smallest absolute Gasteiger partial charge is 0.323 e. The van der Waals surface area contributed by atoms with Crippen LogP contribution in [0.15, 0.2) is 23.1 Å². The monoisotopic (exact) mass is 347 g/mol. The number of carboxylic acids is 1. The molecule has 21 heavy (non-hydrogen) atoms. The molecule has 1 saturated carbocycles. The molecule has 6 heteroatoms. The Morgan fingerprint density at radius 2 is 2.19 bits per heavy atom. The predicted octanol–water partition coefficient (Wildman–Crippen LogP) is 4.46. The van der Waals surface area contributed by atoms with E-state index in [-0.39, 0.29) is 11.3 Å². The molecule has 1 aromatic carbocycles. The molecule has 0 bridgehead atoms. The van der Waals surface area contributed by atoms with Crippen LogP contribution in [0.25, 0.3) is 0 Å². The van der Waals surface area contributed by atoms with Crippen molar-refractivity contribution in [3.8, 4) is 0 Å². The van der Waals surface area contributed by atoms with Crippen LogP contribution in [0.1, 0.15) is 33.1 Å². The summed E-state index contributed by atoms with van der Waals surface area (Å²) in [5.41, 5.74) is -0.823. The van der Waals surface area contributed by atoms with E-state index in [1.165, 1.54) is 0 Å². The largest absolute Gasteiger partial charge is 0.480 e. The first-order valence-electron chi connectivity index (χ1n) is 6.95. The first-order chi connectivity index (χ1) is 9.82. The zero-order valence-electron chi connectivity index (χ0n) is 12.0. The molecule has 1 fully saturated rings.